The molecule has 1 amide bonds. The topological polar surface area (TPSA) is 72.4 Å². The molecule has 2 aromatic heterocycles. The zero-order valence-corrected chi connectivity index (χ0v) is 13.9. The second kappa shape index (κ2) is 5.81. The molecule has 0 aromatic carbocycles. The van der Waals surface area contributed by atoms with E-state index in [0.717, 1.165) is 36.7 Å². The second-order valence-electron chi connectivity index (χ2n) is 7.22. The van der Waals surface area contributed by atoms with Crippen molar-refractivity contribution in [3.63, 3.8) is 0 Å². The molecule has 5 heteroatoms. The van der Waals surface area contributed by atoms with Crippen LogP contribution in [0.15, 0.2) is 34.9 Å². The number of nitrogens with zero attached hydrogens (tertiary/aromatic N) is 2. The number of pyridine rings is 1. The van der Waals surface area contributed by atoms with Gasteiger partial charge in [0.25, 0.3) is 5.91 Å². The van der Waals surface area contributed by atoms with Crippen molar-refractivity contribution in [2.75, 3.05) is 13.1 Å². The molecule has 1 aliphatic heterocycles. The molecule has 122 valence electrons. The SMILES string of the molecule is CC(C)(C)c1oc(C(N)=O)cc1CN1CC(c2ccccn2)C1. The largest absolute Gasteiger partial charge is 0.455 e. The van der Waals surface area contributed by atoms with Crippen molar-refractivity contribution in [2.24, 2.45) is 5.73 Å². The monoisotopic (exact) mass is 313 g/mol. The van der Waals surface area contributed by atoms with Gasteiger partial charge in [-0.25, -0.2) is 0 Å². The Bertz CT molecular complexity index is 695. The lowest BCUT2D eigenvalue weighted by Crippen LogP contribution is -2.44. The summed E-state index contributed by atoms with van der Waals surface area (Å²) in [5.41, 5.74) is 7.39. The molecule has 3 rings (SSSR count). The number of rotatable bonds is 4. The highest BCUT2D eigenvalue weighted by Gasteiger charge is 2.32. The van der Waals surface area contributed by atoms with Gasteiger partial charge < -0.3 is 10.2 Å². The molecular weight excluding hydrogens is 290 g/mol. The number of furan rings is 1. The predicted molar refractivity (Wildman–Crippen MR) is 88.2 cm³/mol. The number of amides is 1. The number of likely N-dealkylation sites (tertiary alicyclic amines) is 1. The van der Waals surface area contributed by atoms with E-state index in [1.807, 2.05) is 18.3 Å². The second-order valence-corrected chi connectivity index (χ2v) is 7.22. The van der Waals surface area contributed by atoms with Crippen molar-refractivity contribution in [1.29, 1.82) is 0 Å². The zero-order chi connectivity index (χ0) is 16.6. The number of carbonyl (C=O) groups excluding carboxylic acids is 1. The molecule has 5 nitrogen and oxygen atoms in total. The minimum absolute atomic E-state index is 0.158. The molecule has 0 atom stereocenters. The van der Waals surface area contributed by atoms with E-state index < -0.39 is 5.91 Å². The molecular formula is C18H23N3O2. The fourth-order valence-electron chi connectivity index (χ4n) is 3.05. The standard InChI is InChI=1S/C18H23N3O2/c1-18(2,3)16-12(8-15(23-16)17(19)22)9-21-10-13(11-21)14-6-4-5-7-20-14/h4-8,13H,9-11H2,1-3H3,(H2,19,22). The van der Waals surface area contributed by atoms with Gasteiger partial charge in [0.2, 0.25) is 0 Å². The summed E-state index contributed by atoms with van der Waals surface area (Å²) in [6.07, 6.45) is 1.84. The van der Waals surface area contributed by atoms with Crippen molar-refractivity contribution < 1.29 is 9.21 Å². The first-order chi connectivity index (χ1) is 10.8. The van der Waals surface area contributed by atoms with Gasteiger partial charge >= 0.3 is 0 Å². The Balaban J connectivity index is 1.71. The summed E-state index contributed by atoms with van der Waals surface area (Å²) >= 11 is 0. The van der Waals surface area contributed by atoms with Gasteiger partial charge in [0.15, 0.2) is 5.76 Å². The van der Waals surface area contributed by atoms with Gasteiger partial charge in [-0.2, -0.15) is 0 Å². The van der Waals surface area contributed by atoms with Crippen molar-refractivity contribution >= 4 is 5.91 Å². The molecule has 3 heterocycles. The molecule has 1 fully saturated rings. The first-order valence-electron chi connectivity index (χ1n) is 7.91. The lowest BCUT2D eigenvalue weighted by molar-refractivity contribution is 0.0970. The average Bonchev–Trinajstić information content (AvgIpc) is 2.87. The van der Waals surface area contributed by atoms with Crippen LogP contribution in [-0.2, 0) is 12.0 Å². The Hall–Kier alpha value is -2.14. The summed E-state index contributed by atoms with van der Waals surface area (Å²) in [7, 11) is 0. The molecule has 2 aromatic rings. The Morgan fingerprint density at radius 3 is 2.70 bits per heavy atom. The van der Waals surface area contributed by atoms with Crippen LogP contribution >= 0.6 is 0 Å². The van der Waals surface area contributed by atoms with Gasteiger partial charge in [-0.1, -0.05) is 26.8 Å². The van der Waals surface area contributed by atoms with Crippen LogP contribution in [0.1, 0.15) is 54.3 Å². The lowest BCUT2D eigenvalue weighted by atomic mass is 9.89. The predicted octanol–water partition coefficient (Wildman–Crippen LogP) is 2.67. The van der Waals surface area contributed by atoms with Gasteiger partial charge in [-0.3, -0.25) is 14.7 Å². The Morgan fingerprint density at radius 2 is 2.13 bits per heavy atom. The third-order valence-electron chi connectivity index (χ3n) is 4.19. The molecule has 0 saturated carbocycles. The van der Waals surface area contributed by atoms with Gasteiger partial charge in [-0.05, 0) is 18.2 Å². The van der Waals surface area contributed by atoms with Gasteiger partial charge in [-0.15, -0.1) is 0 Å². The Kier molecular flexibility index (Phi) is 3.98. The molecule has 23 heavy (non-hydrogen) atoms. The molecule has 1 aliphatic rings. The van der Waals surface area contributed by atoms with Crippen molar-refractivity contribution in [1.82, 2.24) is 9.88 Å². The molecule has 1 saturated heterocycles. The van der Waals surface area contributed by atoms with Crippen molar-refractivity contribution in [3.05, 3.63) is 53.2 Å². The van der Waals surface area contributed by atoms with Crippen LogP contribution in [0, 0.1) is 0 Å². The Morgan fingerprint density at radius 1 is 1.39 bits per heavy atom. The number of hydrogen-bond donors (Lipinski definition) is 1. The van der Waals surface area contributed by atoms with E-state index in [9.17, 15) is 4.79 Å². The molecule has 0 unspecified atom stereocenters. The number of nitrogens with two attached hydrogens (primary N) is 1. The van der Waals surface area contributed by atoms with E-state index in [-0.39, 0.29) is 11.2 Å². The summed E-state index contributed by atoms with van der Waals surface area (Å²) < 4.78 is 5.71. The van der Waals surface area contributed by atoms with Gasteiger partial charge in [0, 0.05) is 48.4 Å². The maximum atomic E-state index is 11.4. The fraction of sp³-hybridized carbons (Fsp3) is 0.444. The number of primary amides is 1. The highest BCUT2D eigenvalue weighted by atomic mass is 16.4. The fourth-order valence-corrected chi connectivity index (χ4v) is 3.05. The van der Waals surface area contributed by atoms with Gasteiger partial charge in [0.1, 0.15) is 5.76 Å². The van der Waals surface area contributed by atoms with Crippen LogP contribution in [0.2, 0.25) is 0 Å². The molecule has 0 aliphatic carbocycles. The van der Waals surface area contributed by atoms with Crippen LogP contribution in [0.4, 0.5) is 0 Å². The van der Waals surface area contributed by atoms with E-state index in [0.29, 0.717) is 5.92 Å². The van der Waals surface area contributed by atoms with E-state index in [1.54, 1.807) is 6.07 Å². The molecule has 0 spiro atoms. The van der Waals surface area contributed by atoms with E-state index in [2.05, 4.69) is 36.7 Å². The van der Waals surface area contributed by atoms with Crippen molar-refractivity contribution in [2.45, 2.75) is 38.6 Å². The van der Waals surface area contributed by atoms with E-state index in [4.69, 9.17) is 10.2 Å². The molecule has 2 N–H and O–H groups in total. The number of hydrogen-bond acceptors (Lipinski definition) is 4. The van der Waals surface area contributed by atoms with Crippen LogP contribution in [0.3, 0.4) is 0 Å². The molecule has 0 radical (unpaired) electrons. The maximum absolute atomic E-state index is 11.4. The molecule has 0 bridgehead atoms. The summed E-state index contributed by atoms with van der Waals surface area (Å²) in [4.78, 5) is 18.2. The van der Waals surface area contributed by atoms with Crippen LogP contribution in [0.25, 0.3) is 0 Å². The first kappa shape index (κ1) is 15.7. The maximum Gasteiger partial charge on any atom is 0.284 e. The van der Waals surface area contributed by atoms with Gasteiger partial charge in [0.05, 0.1) is 0 Å². The van der Waals surface area contributed by atoms with E-state index >= 15 is 0 Å². The Labute approximate surface area is 136 Å². The van der Waals surface area contributed by atoms with Crippen LogP contribution in [0.5, 0.6) is 0 Å². The summed E-state index contributed by atoms with van der Waals surface area (Å²) in [5, 5.41) is 0. The minimum Gasteiger partial charge on any atom is -0.455 e. The summed E-state index contributed by atoms with van der Waals surface area (Å²) in [6, 6.07) is 7.83. The lowest BCUT2D eigenvalue weighted by Gasteiger charge is -2.39. The summed E-state index contributed by atoms with van der Waals surface area (Å²) in [5.74, 6) is 1.05. The van der Waals surface area contributed by atoms with Crippen LogP contribution in [-0.4, -0.2) is 28.9 Å². The average molecular weight is 313 g/mol. The third kappa shape index (κ3) is 3.29. The highest BCUT2D eigenvalue weighted by Crippen LogP contribution is 2.33. The zero-order valence-electron chi connectivity index (χ0n) is 13.9. The highest BCUT2D eigenvalue weighted by molar-refractivity contribution is 5.90. The number of aromatic nitrogens is 1. The summed E-state index contributed by atoms with van der Waals surface area (Å²) in [6.45, 7) is 8.94. The number of carbonyl (C=O) groups is 1. The van der Waals surface area contributed by atoms with Crippen molar-refractivity contribution in [3.8, 4) is 0 Å². The normalized spacial score (nSPS) is 16.3. The third-order valence-corrected chi connectivity index (χ3v) is 4.19. The minimum atomic E-state index is -0.517. The first-order valence-corrected chi connectivity index (χ1v) is 7.91. The van der Waals surface area contributed by atoms with E-state index in [1.165, 1.54) is 0 Å². The smallest absolute Gasteiger partial charge is 0.284 e. The van der Waals surface area contributed by atoms with Crippen LogP contribution < -0.4 is 5.73 Å². The quantitative estimate of drug-likeness (QED) is 0.942.